The molecule has 0 bridgehead atoms. The number of aliphatic carboxylic acids is 1. The van der Waals surface area contributed by atoms with E-state index >= 15 is 0 Å². The third kappa shape index (κ3) is 5.07. The topological polar surface area (TPSA) is 60.8 Å². The van der Waals surface area contributed by atoms with Gasteiger partial charge in [0.25, 0.3) is 0 Å². The molecule has 1 unspecified atom stereocenters. The molecule has 2 fully saturated rings. The Morgan fingerprint density at radius 3 is 2.24 bits per heavy atom. The fourth-order valence-electron chi connectivity index (χ4n) is 5.21. The number of allylic oxidation sites excluding steroid dienone is 1. The summed E-state index contributed by atoms with van der Waals surface area (Å²) in [6.07, 6.45) is 4.36. The van der Waals surface area contributed by atoms with Gasteiger partial charge in [0.2, 0.25) is 0 Å². The van der Waals surface area contributed by atoms with E-state index in [2.05, 4.69) is 29.2 Å². The van der Waals surface area contributed by atoms with Crippen LogP contribution in [0.1, 0.15) is 60.3 Å². The molecule has 4 heteroatoms. The Kier molecular flexibility index (Phi) is 6.50. The van der Waals surface area contributed by atoms with Crippen molar-refractivity contribution < 1.29 is 15.0 Å². The van der Waals surface area contributed by atoms with Gasteiger partial charge in [0.1, 0.15) is 5.75 Å². The standard InChI is InChI=1S/C30H31NO3/c32-27-8-4-7-24(19-27)30(28(15-16-29(33)34)22-5-2-1-3-6-22)23-11-9-21(10-12-23)25-17-18-31(20-25)26-13-14-26/h1-12,19,25-26,32H,13-18,20H2,(H,33,34)/b30-28+. The van der Waals surface area contributed by atoms with Crippen molar-refractivity contribution in [1.29, 1.82) is 0 Å². The molecule has 4 nitrogen and oxygen atoms in total. The minimum Gasteiger partial charge on any atom is -0.508 e. The molecule has 0 spiro atoms. The number of hydrogen-bond donors (Lipinski definition) is 2. The van der Waals surface area contributed by atoms with E-state index in [4.69, 9.17) is 0 Å². The van der Waals surface area contributed by atoms with Crippen molar-refractivity contribution in [2.45, 2.75) is 44.1 Å². The van der Waals surface area contributed by atoms with Crippen LogP contribution in [0.4, 0.5) is 0 Å². The first-order valence-corrected chi connectivity index (χ1v) is 12.2. The third-order valence-corrected chi connectivity index (χ3v) is 7.10. The van der Waals surface area contributed by atoms with Gasteiger partial charge in [0.05, 0.1) is 0 Å². The average molecular weight is 454 g/mol. The Hall–Kier alpha value is -3.37. The zero-order valence-electron chi connectivity index (χ0n) is 19.4. The Labute approximate surface area is 201 Å². The molecule has 1 saturated heterocycles. The minimum absolute atomic E-state index is 0.0453. The van der Waals surface area contributed by atoms with Crippen molar-refractivity contribution in [2.24, 2.45) is 0 Å². The summed E-state index contributed by atoms with van der Waals surface area (Å²) in [6.45, 7) is 2.34. The fourth-order valence-corrected chi connectivity index (χ4v) is 5.21. The number of nitrogens with zero attached hydrogens (tertiary/aromatic N) is 1. The number of likely N-dealkylation sites (tertiary alicyclic amines) is 1. The van der Waals surface area contributed by atoms with E-state index in [1.807, 2.05) is 42.5 Å². The minimum atomic E-state index is -0.819. The van der Waals surface area contributed by atoms with E-state index in [-0.39, 0.29) is 12.2 Å². The quantitative estimate of drug-likeness (QED) is 0.401. The first-order valence-electron chi connectivity index (χ1n) is 12.2. The number of phenolic OH excluding ortho intramolecular Hbond substituents is 1. The molecule has 174 valence electrons. The van der Waals surface area contributed by atoms with Gasteiger partial charge in [0.15, 0.2) is 0 Å². The van der Waals surface area contributed by atoms with E-state index in [1.165, 1.54) is 31.4 Å². The van der Waals surface area contributed by atoms with Crippen LogP contribution in [0, 0.1) is 0 Å². The molecule has 1 saturated carbocycles. The van der Waals surface area contributed by atoms with Gasteiger partial charge >= 0.3 is 5.97 Å². The van der Waals surface area contributed by atoms with Crippen molar-refractivity contribution in [1.82, 2.24) is 4.90 Å². The number of benzene rings is 3. The van der Waals surface area contributed by atoms with Crippen LogP contribution >= 0.6 is 0 Å². The van der Waals surface area contributed by atoms with E-state index in [1.54, 1.807) is 12.1 Å². The lowest BCUT2D eigenvalue weighted by Crippen LogP contribution is -2.22. The second-order valence-electron chi connectivity index (χ2n) is 9.50. The maximum absolute atomic E-state index is 11.5. The van der Waals surface area contributed by atoms with Crippen LogP contribution < -0.4 is 0 Å². The Morgan fingerprint density at radius 1 is 0.824 bits per heavy atom. The van der Waals surface area contributed by atoms with Crippen LogP contribution in [0.3, 0.4) is 0 Å². The van der Waals surface area contributed by atoms with Crippen molar-refractivity contribution >= 4 is 17.1 Å². The third-order valence-electron chi connectivity index (χ3n) is 7.10. The monoisotopic (exact) mass is 453 g/mol. The highest BCUT2D eigenvalue weighted by atomic mass is 16.4. The maximum Gasteiger partial charge on any atom is 0.303 e. The molecule has 34 heavy (non-hydrogen) atoms. The van der Waals surface area contributed by atoms with Gasteiger partial charge in [-0.3, -0.25) is 9.69 Å². The van der Waals surface area contributed by atoms with Crippen LogP contribution in [0.25, 0.3) is 11.1 Å². The molecule has 1 heterocycles. The Bertz CT molecular complexity index is 1180. The normalized spacial score (nSPS) is 19.1. The van der Waals surface area contributed by atoms with Crippen LogP contribution in [0.2, 0.25) is 0 Å². The van der Waals surface area contributed by atoms with Gasteiger partial charge in [-0.1, -0.05) is 66.7 Å². The lowest BCUT2D eigenvalue weighted by molar-refractivity contribution is -0.136. The van der Waals surface area contributed by atoms with Crippen molar-refractivity contribution in [3.63, 3.8) is 0 Å². The molecule has 3 aromatic rings. The van der Waals surface area contributed by atoms with Crippen LogP contribution in [-0.4, -0.2) is 40.2 Å². The number of carbonyl (C=O) groups is 1. The van der Waals surface area contributed by atoms with E-state index in [0.29, 0.717) is 12.3 Å². The molecule has 0 aromatic heterocycles. The van der Waals surface area contributed by atoms with Gasteiger partial charge < -0.3 is 10.2 Å². The number of hydrogen-bond acceptors (Lipinski definition) is 3. The summed E-state index contributed by atoms with van der Waals surface area (Å²) in [6, 6.07) is 26.8. The van der Waals surface area contributed by atoms with Crippen LogP contribution in [-0.2, 0) is 4.79 Å². The fraction of sp³-hybridized carbons (Fsp3) is 0.300. The Balaban J connectivity index is 1.56. The summed E-state index contributed by atoms with van der Waals surface area (Å²) in [4.78, 5) is 14.1. The largest absolute Gasteiger partial charge is 0.508 e. The SMILES string of the molecule is O=C(O)CC/C(=C(/c1ccc(C2CCN(C3CC3)C2)cc1)c1cccc(O)c1)c1ccccc1. The lowest BCUT2D eigenvalue weighted by atomic mass is 9.86. The molecule has 0 amide bonds. The molecule has 2 aliphatic rings. The van der Waals surface area contributed by atoms with Crippen molar-refractivity contribution in [3.05, 3.63) is 101 Å². The van der Waals surface area contributed by atoms with Gasteiger partial charge in [-0.05, 0) is 83.7 Å². The molecular weight excluding hydrogens is 422 g/mol. The summed E-state index contributed by atoms with van der Waals surface area (Å²) in [7, 11) is 0. The molecule has 1 aliphatic heterocycles. The summed E-state index contributed by atoms with van der Waals surface area (Å²) < 4.78 is 0. The van der Waals surface area contributed by atoms with Gasteiger partial charge in [-0.2, -0.15) is 0 Å². The summed E-state index contributed by atoms with van der Waals surface area (Å²) in [5.41, 5.74) is 6.24. The summed E-state index contributed by atoms with van der Waals surface area (Å²) in [5, 5.41) is 19.7. The summed E-state index contributed by atoms with van der Waals surface area (Å²) in [5.74, 6) is -0.0488. The van der Waals surface area contributed by atoms with Crippen molar-refractivity contribution in [2.75, 3.05) is 13.1 Å². The summed E-state index contributed by atoms with van der Waals surface area (Å²) >= 11 is 0. The smallest absolute Gasteiger partial charge is 0.303 e. The lowest BCUT2D eigenvalue weighted by Gasteiger charge is -2.19. The van der Waals surface area contributed by atoms with Crippen LogP contribution in [0.5, 0.6) is 5.75 Å². The second kappa shape index (κ2) is 9.86. The van der Waals surface area contributed by atoms with E-state index in [0.717, 1.165) is 40.4 Å². The first kappa shape index (κ1) is 22.4. The molecule has 3 aromatic carbocycles. The number of carboxylic acids is 1. The molecule has 0 radical (unpaired) electrons. The van der Waals surface area contributed by atoms with E-state index < -0.39 is 5.97 Å². The highest BCUT2D eigenvalue weighted by Gasteiger charge is 2.34. The predicted molar refractivity (Wildman–Crippen MR) is 136 cm³/mol. The molecule has 1 aliphatic carbocycles. The molecule has 2 N–H and O–H groups in total. The predicted octanol–water partition coefficient (Wildman–Crippen LogP) is 6.17. The highest BCUT2D eigenvalue weighted by molar-refractivity contribution is 5.99. The van der Waals surface area contributed by atoms with Gasteiger partial charge in [0, 0.05) is 19.0 Å². The average Bonchev–Trinajstić information content (AvgIpc) is 3.59. The number of rotatable bonds is 8. The second-order valence-corrected chi connectivity index (χ2v) is 9.50. The van der Waals surface area contributed by atoms with Gasteiger partial charge in [-0.15, -0.1) is 0 Å². The first-order chi connectivity index (χ1) is 16.6. The van der Waals surface area contributed by atoms with E-state index in [9.17, 15) is 15.0 Å². The van der Waals surface area contributed by atoms with Crippen LogP contribution in [0.15, 0.2) is 78.9 Å². The van der Waals surface area contributed by atoms with Gasteiger partial charge in [-0.25, -0.2) is 0 Å². The number of carboxylic acid groups (broad SMARTS) is 1. The molecule has 1 atom stereocenters. The van der Waals surface area contributed by atoms with Crippen molar-refractivity contribution in [3.8, 4) is 5.75 Å². The molecule has 5 rings (SSSR count). The zero-order chi connectivity index (χ0) is 23.5. The zero-order valence-corrected chi connectivity index (χ0v) is 19.4. The number of phenols is 1. The molecular formula is C30H31NO3. The number of aromatic hydroxyl groups is 1. The highest BCUT2D eigenvalue weighted by Crippen LogP contribution is 2.39. The maximum atomic E-state index is 11.5. The Morgan fingerprint density at radius 2 is 1.56 bits per heavy atom.